The van der Waals surface area contributed by atoms with Crippen LogP contribution in [0.4, 0.5) is 0 Å². The normalized spacial score (nSPS) is 15.7. The molecule has 6 N–H and O–H groups in total. The largest absolute Gasteiger partial charge is 0.382 e. The Labute approximate surface area is 885 Å². The lowest BCUT2D eigenvalue weighted by Gasteiger charge is -2.30. The summed E-state index contributed by atoms with van der Waals surface area (Å²) in [5.74, 6) is 2.59. The van der Waals surface area contributed by atoms with E-state index in [2.05, 4.69) is 254 Å². The minimum atomic E-state index is 0.624. The summed E-state index contributed by atoms with van der Waals surface area (Å²) in [6.45, 7) is 111. The fourth-order valence-corrected chi connectivity index (χ4v) is 17.1. The Balaban J connectivity index is -0.000000746. The van der Waals surface area contributed by atoms with E-state index in [-0.39, 0.29) is 0 Å². The number of morpholine rings is 3. The molecule has 6 rings (SSSR count). The average molecular weight is 2040 g/mol. The van der Waals surface area contributed by atoms with Gasteiger partial charge in [0.25, 0.3) is 0 Å². The first-order valence-corrected chi connectivity index (χ1v) is 59.5. The van der Waals surface area contributed by atoms with Crippen LogP contribution in [0.2, 0.25) is 0 Å². The molecule has 0 unspecified atom stereocenters. The number of nitrogens with zero attached hydrogens (tertiary/aromatic N) is 10. The Morgan fingerprint density at radius 3 is 0.972 bits per heavy atom. The van der Waals surface area contributed by atoms with E-state index in [9.17, 15) is 0 Å². The van der Waals surface area contributed by atoms with Crippen LogP contribution in [0, 0.1) is 17.8 Å². The number of rotatable bonds is 79. The van der Waals surface area contributed by atoms with Crippen molar-refractivity contribution >= 4 is 0 Å². The summed E-state index contributed by atoms with van der Waals surface area (Å²) in [5, 5.41) is 20.4. The standard InChI is InChI=1S/C15H33NO.C13H26N2O.C12H28N2O.C12H28N2.C12H25NO2.C12H25NO.C11H23NO.C10H22N2O2.C10H24N2O.C8H20N2O/c1-6-17-13-11-9-7-8-10-12-16(14(2)3)15(4)5;1-2-16-11-3-8-14-9-10-15(12-4-5-12)13-6-7-13;1-6-15-10-8-13-7-9-14(11(2)3)12(4)5;1-10(2)9-13-7-8-14(11(3)4)12(5)6;1-2-14-10-6-4-3-5-7-13-8-11-15-12-9-13;1-12(2)6-4-3-5-7-13-8-10-14-11-9-13;1-3-13-10-4-5-11-6-8-12(2)9-7-11;1-2-13-8-4-11-3-5-12-6-9-14-10-7-12;1-4-12(5-2)9-7-11-8-10-13-6-3;1-4-11-8-6-9-5-7-10(2)3/h14-15H,6-13H2,1-5H3;12-14H,2-11H2,1H3;11-13H,6-10H2,1-5H3;10-13H,7-9H2,1-6H3;2-12H2,1H3;12H,3-11H2,1-2H3;11H,3-10H2,1-2H3;11H,2-10H2,1H3;11H,4-10H2,1-3H3;9H,4-8H2,1-3H3. The Kier molecular flexibility index (Phi) is 118. The van der Waals surface area contributed by atoms with Gasteiger partial charge in [-0.3, -0.25) is 34.3 Å². The highest BCUT2D eigenvalue weighted by Crippen LogP contribution is 2.37. The number of likely N-dealkylation sites (N-methyl/N-ethyl adjacent to an activating group) is 2. The van der Waals surface area contributed by atoms with E-state index < -0.39 is 0 Å². The molecule has 6 fully saturated rings. The van der Waals surface area contributed by atoms with Crippen LogP contribution < -0.4 is 31.9 Å². The molecule has 27 nitrogen and oxygen atoms in total. The highest BCUT2D eigenvalue weighted by atomic mass is 16.5. The predicted molar refractivity (Wildman–Crippen MR) is 615 cm³/mol. The first kappa shape index (κ1) is 147. The average Bonchev–Trinajstić information content (AvgIpc) is 1.67. The van der Waals surface area contributed by atoms with Gasteiger partial charge in [-0.05, 0) is 326 Å². The van der Waals surface area contributed by atoms with E-state index in [1.165, 1.54) is 174 Å². The molecule has 0 atom stereocenters. The predicted octanol–water partition coefficient (Wildman–Crippen LogP) is 17.5. The number of ether oxygens (including phenoxy) is 11. The van der Waals surface area contributed by atoms with Gasteiger partial charge in [-0.15, -0.1) is 0 Å². The smallest absolute Gasteiger partial charge is 0.0594 e. The molecule has 2 aliphatic carbocycles. The summed E-state index contributed by atoms with van der Waals surface area (Å²) in [6, 6.07) is 5.78. The summed E-state index contributed by atoms with van der Waals surface area (Å²) < 4.78 is 58.1. The summed E-state index contributed by atoms with van der Waals surface area (Å²) in [4.78, 5) is 24.8. The second kappa shape index (κ2) is 114. The van der Waals surface area contributed by atoms with Crippen molar-refractivity contribution in [2.45, 2.75) is 370 Å². The molecule has 0 spiro atoms. The van der Waals surface area contributed by atoms with Gasteiger partial charge in [0.1, 0.15) is 0 Å². The van der Waals surface area contributed by atoms with Crippen LogP contribution in [-0.4, -0.2) is 467 Å². The van der Waals surface area contributed by atoms with Gasteiger partial charge in [0.2, 0.25) is 0 Å². The molecule has 0 radical (unpaired) electrons. The number of hydrogen-bond donors (Lipinski definition) is 6. The third-order valence-corrected chi connectivity index (χ3v) is 26.0. The molecule has 0 aromatic rings. The molecule has 142 heavy (non-hydrogen) atoms. The zero-order valence-electron chi connectivity index (χ0n) is 100. The number of hydrogen-bond acceptors (Lipinski definition) is 27. The fourth-order valence-electron chi connectivity index (χ4n) is 17.1. The minimum absolute atomic E-state index is 0.624. The zero-order valence-corrected chi connectivity index (χ0v) is 100. The Morgan fingerprint density at radius 1 is 0.282 bits per heavy atom. The van der Waals surface area contributed by atoms with Gasteiger partial charge >= 0.3 is 0 Å². The van der Waals surface area contributed by atoms with Gasteiger partial charge in [-0.25, -0.2) is 0 Å². The maximum atomic E-state index is 5.34. The lowest BCUT2D eigenvalue weighted by atomic mass is 9.93. The molecule has 0 aromatic carbocycles. The van der Waals surface area contributed by atoms with Gasteiger partial charge in [-0.1, -0.05) is 92.9 Å². The van der Waals surface area contributed by atoms with Gasteiger partial charge in [0, 0.05) is 272 Å². The van der Waals surface area contributed by atoms with Gasteiger partial charge in [0.05, 0.1) is 66.1 Å². The summed E-state index contributed by atoms with van der Waals surface area (Å²) in [6.07, 6.45) is 29.7. The molecule has 0 amide bonds. The van der Waals surface area contributed by atoms with Crippen LogP contribution in [0.1, 0.15) is 321 Å². The fraction of sp³-hybridized carbons (Fsp3) is 1.00. The van der Waals surface area contributed by atoms with Crippen LogP contribution >= 0.6 is 0 Å². The maximum Gasteiger partial charge on any atom is 0.0594 e. The number of piperidine rings is 1. The molecular weight excluding hydrogens is 1780 g/mol. The summed E-state index contributed by atoms with van der Waals surface area (Å²) in [5.41, 5.74) is 0. The third kappa shape index (κ3) is 109. The van der Waals surface area contributed by atoms with E-state index in [4.69, 9.17) is 52.1 Å². The molecule has 27 heteroatoms. The molecule has 0 bridgehead atoms. The topological polar surface area (TPSA) is 206 Å². The van der Waals surface area contributed by atoms with Crippen molar-refractivity contribution in [1.82, 2.24) is 80.9 Å². The summed E-state index contributed by atoms with van der Waals surface area (Å²) >= 11 is 0. The van der Waals surface area contributed by atoms with E-state index >= 15 is 0 Å². The first-order chi connectivity index (χ1) is 68.6. The van der Waals surface area contributed by atoms with Gasteiger partial charge in [0.15, 0.2) is 0 Å². The Hall–Kier alpha value is -1.08. The monoisotopic (exact) mass is 2040 g/mol. The van der Waals surface area contributed by atoms with Crippen molar-refractivity contribution in [3.8, 4) is 0 Å². The molecule has 860 valence electrons. The van der Waals surface area contributed by atoms with Crippen molar-refractivity contribution in [1.29, 1.82) is 0 Å². The molecular formula is C115H254N16O11. The molecule has 4 heterocycles. The quantitative estimate of drug-likeness (QED) is 0.0313. The maximum absolute atomic E-state index is 5.34. The summed E-state index contributed by atoms with van der Waals surface area (Å²) in [7, 11) is 6.37. The zero-order chi connectivity index (χ0) is 106. The number of likely N-dealkylation sites (tertiary alicyclic amines) is 1. The third-order valence-electron chi connectivity index (χ3n) is 26.0. The van der Waals surface area contributed by atoms with Crippen molar-refractivity contribution in [2.75, 3.05) is 369 Å². The van der Waals surface area contributed by atoms with E-state index in [0.717, 1.165) is 345 Å². The van der Waals surface area contributed by atoms with Crippen molar-refractivity contribution in [3.63, 3.8) is 0 Å². The Morgan fingerprint density at radius 2 is 0.599 bits per heavy atom. The van der Waals surface area contributed by atoms with Crippen molar-refractivity contribution in [3.05, 3.63) is 0 Å². The van der Waals surface area contributed by atoms with Gasteiger partial charge < -0.3 is 98.7 Å². The van der Waals surface area contributed by atoms with Crippen LogP contribution in [0.5, 0.6) is 0 Å². The second-order valence-corrected chi connectivity index (χ2v) is 41.8. The molecule has 4 aliphatic heterocycles. The van der Waals surface area contributed by atoms with Crippen LogP contribution in [0.15, 0.2) is 0 Å². The van der Waals surface area contributed by atoms with E-state index in [1.54, 1.807) is 0 Å². The van der Waals surface area contributed by atoms with Crippen molar-refractivity contribution < 1.29 is 52.1 Å². The number of nitrogens with one attached hydrogen (secondary N) is 6. The highest BCUT2D eigenvalue weighted by molar-refractivity contribution is 4.95. The van der Waals surface area contributed by atoms with Crippen LogP contribution in [0.3, 0.4) is 0 Å². The lowest BCUT2D eigenvalue weighted by molar-refractivity contribution is 0.0370. The first-order valence-electron chi connectivity index (χ1n) is 59.5. The molecule has 0 aromatic heterocycles. The SMILES string of the molecule is CC(C)CCCCCN1CCOCC1.CC(C)CNCCN(C(C)C)C(C)C.CCOCCCC1CCN(C)CC1.CCOCCCCCCCN(C(C)C)C(C)C.CCOCCCCCCN1CCOCC1.CCOCCCNCCN(C1CC1)C1CC1.CCOCCNCCN(C(C)C)C(C)C.CCOCCNCCN(C)C.CCOCCNCCN(CC)CC.CCOCCNCCN1CCOCC1. The highest BCUT2D eigenvalue weighted by Gasteiger charge is 2.38. The van der Waals surface area contributed by atoms with Crippen molar-refractivity contribution in [2.24, 2.45) is 17.8 Å². The lowest BCUT2D eigenvalue weighted by Crippen LogP contribution is -2.41. The van der Waals surface area contributed by atoms with E-state index in [0.29, 0.717) is 36.3 Å². The molecule has 6 aliphatic rings. The van der Waals surface area contributed by atoms with Gasteiger partial charge in [-0.2, -0.15) is 0 Å². The minimum Gasteiger partial charge on any atom is -0.382 e. The van der Waals surface area contributed by atoms with Crippen LogP contribution in [-0.2, 0) is 52.1 Å². The Bertz CT molecular complexity index is 2290. The number of unbranched alkanes of at least 4 members (excludes halogenated alkanes) is 9. The van der Waals surface area contributed by atoms with Crippen LogP contribution in [0.25, 0.3) is 0 Å². The molecule has 2 saturated carbocycles. The molecule has 4 saturated heterocycles. The van der Waals surface area contributed by atoms with E-state index in [1.807, 2.05) is 27.7 Å². The second-order valence-electron chi connectivity index (χ2n) is 41.8.